The molecule has 2 aromatic heterocycles. The van der Waals surface area contributed by atoms with E-state index in [1.165, 1.54) is 29.5 Å². The van der Waals surface area contributed by atoms with Crippen LogP contribution >= 0.6 is 22.9 Å². The Morgan fingerprint density at radius 3 is 2.67 bits per heavy atom. The highest BCUT2D eigenvalue weighted by Gasteiger charge is 2.19. The quantitative estimate of drug-likeness (QED) is 0.168. The van der Waals surface area contributed by atoms with E-state index < -0.39 is 4.92 Å². The van der Waals surface area contributed by atoms with Crippen molar-refractivity contribution in [2.45, 2.75) is 20.1 Å². The minimum Gasteiger partial charge on any atom is -0.392 e. The predicted molar refractivity (Wildman–Crippen MR) is 127 cm³/mol. The van der Waals surface area contributed by atoms with Crippen molar-refractivity contribution < 1.29 is 19.9 Å². The average Bonchev–Trinajstić information content (AvgIpc) is 3.33. The van der Waals surface area contributed by atoms with Crippen molar-refractivity contribution in [1.82, 2.24) is 9.38 Å². The maximum absolute atomic E-state index is 12.8. The SMILES string of the molecule is Cc1cn2c(/C=C/C(=O)c3ccc(CO)c(CO)c3)c(-c3ccc(Cl)c([N+](=O)[O-])c3)nc2s1. The van der Waals surface area contributed by atoms with Gasteiger partial charge in [-0.15, -0.1) is 11.3 Å². The molecule has 0 radical (unpaired) electrons. The third-order valence-corrected chi connectivity index (χ3v) is 6.34. The number of ketones is 1. The summed E-state index contributed by atoms with van der Waals surface area (Å²) >= 11 is 7.41. The van der Waals surface area contributed by atoms with Crippen LogP contribution in [0.3, 0.4) is 0 Å². The number of hydrogen-bond acceptors (Lipinski definition) is 7. The van der Waals surface area contributed by atoms with E-state index in [0.29, 0.717) is 38.6 Å². The lowest BCUT2D eigenvalue weighted by Gasteiger charge is -2.06. The van der Waals surface area contributed by atoms with Gasteiger partial charge in [-0.1, -0.05) is 29.8 Å². The molecule has 2 heterocycles. The highest BCUT2D eigenvalue weighted by molar-refractivity contribution is 7.17. The molecule has 8 nitrogen and oxygen atoms in total. The molecule has 0 fully saturated rings. The molecule has 0 bridgehead atoms. The van der Waals surface area contributed by atoms with Crippen LogP contribution in [0.25, 0.3) is 22.3 Å². The average molecular weight is 484 g/mol. The van der Waals surface area contributed by atoms with Gasteiger partial charge in [0.1, 0.15) is 5.02 Å². The topological polar surface area (TPSA) is 118 Å². The van der Waals surface area contributed by atoms with Crippen LogP contribution < -0.4 is 0 Å². The number of rotatable bonds is 7. The van der Waals surface area contributed by atoms with Gasteiger partial charge >= 0.3 is 0 Å². The minimum absolute atomic E-state index is 0.0268. The monoisotopic (exact) mass is 483 g/mol. The molecule has 0 unspecified atom stereocenters. The molecule has 0 saturated carbocycles. The maximum Gasteiger partial charge on any atom is 0.288 e. The Labute approximate surface area is 197 Å². The van der Waals surface area contributed by atoms with Gasteiger partial charge in [0.05, 0.1) is 29.5 Å². The lowest BCUT2D eigenvalue weighted by atomic mass is 10.0. The van der Waals surface area contributed by atoms with E-state index >= 15 is 0 Å². The Morgan fingerprint density at radius 1 is 1.21 bits per heavy atom. The number of benzene rings is 2. The van der Waals surface area contributed by atoms with Crippen molar-refractivity contribution in [2.75, 3.05) is 0 Å². The molecule has 4 rings (SSSR count). The highest BCUT2D eigenvalue weighted by atomic mass is 35.5. The number of nitro groups is 1. The van der Waals surface area contributed by atoms with Crippen LogP contribution in [0.5, 0.6) is 0 Å². The Kier molecular flexibility index (Phi) is 6.39. The lowest BCUT2D eigenvalue weighted by molar-refractivity contribution is -0.384. The van der Waals surface area contributed by atoms with Crippen LogP contribution in [0.1, 0.15) is 32.1 Å². The van der Waals surface area contributed by atoms with Crippen LogP contribution in [0, 0.1) is 17.0 Å². The second-order valence-corrected chi connectivity index (χ2v) is 8.88. The number of allylic oxidation sites excluding steroid dienone is 1. The van der Waals surface area contributed by atoms with E-state index in [0.717, 1.165) is 4.88 Å². The second-order valence-electron chi connectivity index (χ2n) is 7.26. The fourth-order valence-corrected chi connectivity index (χ4v) is 4.49. The molecule has 0 amide bonds. The van der Waals surface area contributed by atoms with Crippen molar-refractivity contribution in [3.8, 4) is 11.3 Å². The third kappa shape index (κ3) is 4.44. The van der Waals surface area contributed by atoms with Crippen LogP contribution in [0.15, 0.2) is 48.7 Å². The van der Waals surface area contributed by atoms with Gasteiger partial charge in [0.15, 0.2) is 10.7 Å². The second kappa shape index (κ2) is 9.24. The van der Waals surface area contributed by atoms with E-state index in [1.807, 2.05) is 17.5 Å². The van der Waals surface area contributed by atoms with Gasteiger partial charge in [-0.3, -0.25) is 19.3 Å². The summed E-state index contributed by atoms with van der Waals surface area (Å²) in [4.78, 5) is 29.9. The summed E-state index contributed by atoms with van der Waals surface area (Å²) in [6, 6.07) is 9.19. The highest BCUT2D eigenvalue weighted by Crippen LogP contribution is 2.34. The number of carbonyl (C=O) groups excluding carboxylic acids is 1. The molecule has 0 aliphatic rings. The molecule has 0 spiro atoms. The maximum atomic E-state index is 12.8. The molecule has 0 aliphatic heterocycles. The molecule has 0 saturated heterocycles. The first-order valence-electron chi connectivity index (χ1n) is 9.81. The molecule has 10 heteroatoms. The van der Waals surface area contributed by atoms with Crippen molar-refractivity contribution in [3.05, 3.63) is 91.1 Å². The van der Waals surface area contributed by atoms with Gasteiger partial charge in [0, 0.05) is 28.3 Å². The lowest BCUT2D eigenvalue weighted by Crippen LogP contribution is -2.00. The molecule has 168 valence electrons. The largest absolute Gasteiger partial charge is 0.392 e. The zero-order valence-corrected chi connectivity index (χ0v) is 18.9. The van der Waals surface area contributed by atoms with E-state index in [1.54, 1.807) is 30.3 Å². The number of aromatic nitrogens is 2. The van der Waals surface area contributed by atoms with E-state index in [2.05, 4.69) is 4.98 Å². The van der Waals surface area contributed by atoms with Gasteiger partial charge in [-0.25, -0.2) is 4.98 Å². The molecule has 4 aromatic rings. The molecular formula is C23H18ClN3O5S. The summed E-state index contributed by atoms with van der Waals surface area (Å²) in [5.41, 5.74) is 2.74. The molecule has 2 aromatic carbocycles. The first kappa shape index (κ1) is 22.8. The Balaban J connectivity index is 1.78. The molecule has 0 atom stereocenters. The smallest absolute Gasteiger partial charge is 0.288 e. The summed E-state index contributed by atoms with van der Waals surface area (Å²) < 4.78 is 1.83. The minimum atomic E-state index is -0.553. The summed E-state index contributed by atoms with van der Waals surface area (Å²) in [6.07, 6.45) is 4.88. The fraction of sp³-hybridized carbons (Fsp3) is 0.130. The normalized spacial score (nSPS) is 11.5. The molecule has 33 heavy (non-hydrogen) atoms. The predicted octanol–water partition coefficient (Wildman–Crippen LogP) is 4.81. The van der Waals surface area contributed by atoms with Crippen LogP contribution in [-0.2, 0) is 13.2 Å². The molecule has 0 aliphatic carbocycles. The number of carbonyl (C=O) groups is 1. The van der Waals surface area contributed by atoms with E-state index in [9.17, 15) is 25.1 Å². The first-order chi connectivity index (χ1) is 15.8. The van der Waals surface area contributed by atoms with Crippen LogP contribution in [-0.4, -0.2) is 30.3 Å². The van der Waals surface area contributed by atoms with Crippen molar-refractivity contribution in [2.24, 2.45) is 0 Å². The fourth-order valence-electron chi connectivity index (χ4n) is 3.48. The van der Waals surface area contributed by atoms with Gasteiger partial charge < -0.3 is 10.2 Å². The Bertz CT molecular complexity index is 1420. The van der Waals surface area contributed by atoms with E-state index in [-0.39, 0.29) is 29.7 Å². The van der Waals surface area contributed by atoms with Crippen molar-refractivity contribution in [1.29, 1.82) is 0 Å². The third-order valence-electron chi connectivity index (χ3n) is 5.12. The van der Waals surface area contributed by atoms with Gasteiger partial charge in [0.2, 0.25) is 0 Å². The number of nitrogens with zero attached hydrogens (tertiary/aromatic N) is 3. The van der Waals surface area contributed by atoms with E-state index in [4.69, 9.17) is 11.6 Å². The van der Waals surface area contributed by atoms with Crippen LogP contribution in [0.4, 0.5) is 5.69 Å². The summed E-state index contributed by atoms with van der Waals surface area (Å²) in [7, 11) is 0. The number of halogens is 1. The number of nitro benzene ring substituents is 1. The number of thiazole rings is 1. The zero-order chi connectivity index (χ0) is 23.7. The number of aliphatic hydroxyl groups is 2. The number of aliphatic hydroxyl groups excluding tert-OH is 2. The standard InChI is InChI=1S/C23H18ClN3O5S/c1-13-10-26-19(6-7-21(30)14-2-3-16(11-28)17(8-14)12-29)22(25-23(26)33-13)15-4-5-18(24)20(9-15)27(31)32/h2-10,28-29H,11-12H2,1H3/b7-6+. The summed E-state index contributed by atoms with van der Waals surface area (Å²) in [5, 5.41) is 30.2. The number of aryl methyl sites for hydroxylation is 1. The number of hydrogen-bond donors (Lipinski definition) is 2. The zero-order valence-electron chi connectivity index (χ0n) is 17.4. The Morgan fingerprint density at radius 2 is 1.97 bits per heavy atom. The summed E-state index contributed by atoms with van der Waals surface area (Å²) in [5.74, 6) is -0.302. The molecular weight excluding hydrogens is 466 g/mol. The van der Waals surface area contributed by atoms with Crippen molar-refractivity contribution >= 4 is 45.4 Å². The van der Waals surface area contributed by atoms with Crippen molar-refractivity contribution in [3.63, 3.8) is 0 Å². The van der Waals surface area contributed by atoms with Crippen LogP contribution in [0.2, 0.25) is 5.02 Å². The summed E-state index contributed by atoms with van der Waals surface area (Å²) in [6.45, 7) is 1.41. The first-order valence-corrected chi connectivity index (χ1v) is 11.0. The molecule has 2 N–H and O–H groups in total. The van der Waals surface area contributed by atoms with Gasteiger partial charge in [-0.05, 0) is 42.3 Å². The van der Waals surface area contributed by atoms with Gasteiger partial charge in [0.25, 0.3) is 5.69 Å². The Hall–Kier alpha value is -3.37. The van der Waals surface area contributed by atoms with Gasteiger partial charge in [-0.2, -0.15) is 0 Å². The number of fused-ring (bicyclic) bond motifs is 1. The number of imidazole rings is 1.